The zero-order valence-electron chi connectivity index (χ0n) is 18.4. The van der Waals surface area contributed by atoms with Gasteiger partial charge in [-0.05, 0) is 62.7 Å². The monoisotopic (exact) mass is 364 g/mol. The van der Waals surface area contributed by atoms with E-state index in [1.54, 1.807) is 0 Å². The maximum Gasteiger partial charge on any atom is 0.0679 e. The van der Waals surface area contributed by atoms with Crippen LogP contribution >= 0.6 is 0 Å². The molecule has 1 nitrogen and oxygen atoms in total. The number of hydrogen-bond acceptors (Lipinski definition) is 1. The lowest BCUT2D eigenvalue weighted by Crippen LogP contribution is -2.38. The van der Waals surface area contributed by atoms with Crippen LogP contribution in [-0.2, 0) is 4.74 Å². The molecule has 0 aromatic heterocycles. The number of methoxy groups -OCH3 is 1. The molecule has 2 saturated carbocycles. The van der Waals surface area contributed by atoms with Crippen molar-refractivity contribution >= 4 is 0 Å². The normalized spacial score (nSPS) is 32.7. The van der Waals surface area contributed by atoms with Crippen LogP contribution in [0.3, 0.4) is 0 Å². The minimum atomic E-state index is 0.237. The van der Waals surface area contributed by atoms with Gasteiger partial charge in [0, 0.05) is 7.11 Å². The second kappa shape index (κ2) is 12.4. The third-order valence-electron chi connectivity index (χ3n) is 7.88. The molecule has 0 amide bonds. The number of rotatable bonds is 12. The van der Waals surface area contributed by atoms with Gasteiger partial charge in [-0.25, -0.2) is 0 Å². The van der Waals surface area contributed by atoms with Gasteiger partial charge in [0.15, 0.2) is 0 Å². The zero-order valence-corrected chi connectivity index (χ0v) is 18.4. The van der Waals surface area contributed by atoms with E-state index in [4.69, 9.17) is 4.74 Å². The highest BCUT2D eigenvalue weighted by atomic mass is 16.5. The predicted octanol–water partition coefficient (Wildman–Crippen LogP) is 8.31. The molecular formula is C25H48O. The van der Waals surface area contributed by atoms with Crippen LogP contribution in [0.25, 0.3) is 0 Å². The first-order valence-corrected chi connectivity index (χ1v) is 12.3. The van der Waals surface area contributed by atoms with Gasteiger partial charge in [-0.2, -0.15) is 0 Å². The molecule has 2 rings (SSSR count). The van der Waals surface area contributed by atoms with E-state index in [9.17, 15) is 0 Å². The minimum absolute atomic E-state index is 0.237. The summed E-state index contributed by atoms with van der Waals surface area (Å²) in [6.07, 6.45) is 25.8. The largest absolute Gasteiger partial charge is 0.378 e. The summed E-state index contributed by atoms with van der Waals surface area (Å²) in [5.41, 5.74) is 0.237. The van der Waals surface area contributed by atoms with Crippen molar-refractivity contribution in [2.45, 2.75) is 135 Å². The highest BCUT2D eigenvalue weighted by molar-refractivity contribution is 4.90. The Labute approximate surface area is 165 Å². The van der Waals surface area contributed by atoms with Gasteiger partial charge in [0.25, 0.3) is 0 Å². The number of ether oxygens (including phenoxy) is 1. The Morgan fingerprint density at radius 2 is 1.27 bits per heavy atom. The molecule has 0 spiro atoms. The fraction of sp³-hybridized carbons (Fsp3) is 1.00. The fourth-order valence-corrected chi connectivity index (χ4v) is 5.88. The number of hydrogen-bond donors (Lipinski definition) is 0. The zero-order chi connectivity index (χ0) is 18.7. The Hall–Kier alpha value is -0.0400. The van der Waals surface area contributed by atoms with Gasteiger partial charge >= 0.3 is 0 Å². The number of unbranched alkanes of at least 4 members (excludes halogenated alkanes) is 6. The van der Waals surface area contributed by atoms with Crippen LogP contribution in [-0.4, -0.2) is 12.7 Å². The first-order chi connectivity index (χ1) is 12.7. The van der Waals surface area contributed by atoms with E-state index in [1.807, 2.05) is 7.11 Å². The summed E-state index contributed by atoms with van der Waals surface area (Å²) in [6, 6.07) is 0. The van der Waals surface area contributed by atoms with E-state index in [2.05, 4.69) is 13.8 Å². The van der Waals surface area contributed by atoms with E-state index in [1.165, 1.54) is 116 Å². The van der Waals surface area contributed by atoms with Crippen LogP contribution in [0.5, 0.6) is 0 Å². The molecule has 0 atom stereocenters. The van der Waals surface area contributed by atoms with E-state index < -0.39 is 0 Å². The standard InChI is InChI=1S/C25H48O/c1-4-6-8-9-10-12-22-13-15-23(16-14-22)24-17-20-25(26-3,21-18-24)19-11-7-5-2/h22-24H,4-21H2,1-3H3. The van der Waals surface area contributed by atoms with Crippen molar-refractivity contribution in [3.8, 4) is 0 Å². The Balaban J connectivity index is 1.63. The van der Waals surface area contributed by atoms with Crippen molar-refractivity contribution in [2.75, 3.05) is 7.11 Å². The average Bonchev–Trinajstić information content (AvgIpc) is 2.69. The summed E-state index contributed by atoms with van der Waals surface area (Å²) in [6.45, 7) is 4.62. The molecule has 0 unspecified atom stereocenters. The quantitative estimate of drug-likeness (QED) is 0.316. The van der Waals surface area contributed by atoms with Crippen LogP contribution in [0.2, 0.25) is 0 Å². The van der Waals surface area contributed by atoms with E-state index in [0.717, 1.165) is 17.8 Å². The topological polar surface area (TPSA) is 9.23 Å². The molecule has 0 radical (unpaired) electrons. The molecular weight excluding hydrogens is 316 g/mol. The van der Waals surface area contributed by atoms with Gasteiger partial charge in [0.2, 0.25) is 0 Å². The highest BCUT2D eigenvalue weighted by Crippen LogP contribution is 2.45. The molecule has 0 heterocycles. The molecule has 154 valence electrons. The molecule has 0 aromatic carbocycles. The second-order valence-electron chi connectivity index (χ2n) is 9.67. The summed E-state index contributed by atoms with van der Waals surface area (Å²) in [7, 11) is 1.97. The van der Waals surface area contributed by atoms with Crippen LogP contribution in [0.4, 0.5) is 0 Å². The van der Waals surface area contributed by atoms with E-state index in [-0.39, 0.29) is 5.60 Å². The smallest absolute Gasteiger partial charge is 0.0679 e. The van der Waals surface area contributed by atoms with Gasteiger partial charge < -0.3 is 4.74 Å². The van der Waals surface area contributed by atoms with Crippen LogP contribution in [0, 0.1) is 17.8 Å². The van der Waals surface area contributed by atoms with Crippen molar-refractivity contribution in [3.05, 3.63) is 0 Å². The molecule has 2 aliphatic carbocycles. The predicted molar refractivity (Wildman–Crippen MR) is 115 cm³/mol. The first kappa shape index (κ1) is 22.3. The van der Waals surface area contributed by atoms with Gasteiger partial charge in [-0.15, -0.1) is 0 Å². The fourth-order valence-electron chi connectivity index (χ4n) is 5.88. The van der Waals surface area contributed by atoms with E-state index >= 15 is 0 Å². The molecule has 26 heavy (non-hydrogen) atoms. The van der Waals surface area contributed by atoms with Crippen molar-refractivity contribution in [2.24, 2.45) is 17.8 Å². The van der Waals surface area contributed by atoms with Crippen molar-refractivity contribution in [3.63, 3.8) is 0 Å². The molecule has 1 heteroatoms. The molecule has 0 aromatic rings. The van der Waals surface area contributed by atoms with Crippen LogP contribution < -0.4 is 0 Å². The van der Waals surface area contributed by atoms with Gasteiger partial charge in [0.05, 0.1) is 5.60 Å². The van der Waals surface area contributed by atoms with Crippen molar-refractivity contribution < 1.29 is 4.74 Å². The van der Waals surface area contributed by atoms with Crippen LogP contribution in [0.15, 0.2) is 0 Å². The third kappa shape index (κ3) is 7.17. The average molecular weight is 365 g/mol. The summed E-state index contributed by atoms with van der Waals surface area (Å²) >= 11 is 0. The SMILES string of the molecule is CCCCCCCC1CCC(C2CCC(CCCCC)(OC)CC2)CC1. The maximum atomic E-state index is 6.05. The van der Waals surface area contributed by atoms with Gasteiger partial charge in [0.1, 0.15) is 0 Å². The molecule has 0 N–H and O–H groups in total. The maximum absolute atomic E-state index is 6.05. The van der Waals surface area contributed by atoms with Gasteiger partial charge in [-0.1, -0.05) is 84.5 Å². The Morgan fingerprint density at radius 1 is 0.692 bits per heavy atom. The third-order valence-corrected chi connectivity index (χ3v) is 7.88. The molecule has 0 aliphatic heterocycles. The Kier molecular flexibility index (Phi) is 10.6. The summed E-state index contributed by atoms with van der Waals surface area (Å²) in [5.74, 6) is 3.11. The first-order valence-electron chi connectivity index (χ1n) is 12.3. The van der Waals surface area contributed by atoms with Crippen molar-refractivity contribution in [1.82, 2.24) is 0 Å². The van der Waals surface area contributed by atoms with E-state index in [0.29, 0.717) is 0 Å². The Bertz CT molecular complexity index is 334. The lowest BCUT2D eigenvalue weighted by Gasteiger charge is -2.43. The minimum Gasteiger partial charge on any atom is -0.378 e. The highest BCUT2D eigenvalue weighted by Gasteiger charge is 2.38. The molecule has 2 aliphatic rings. The van der Waals surface area contributed by atoms with Gasteiger partial charge in [-0.3, -0.25) is 0 Å². The second-order valence-corrected chi connectivity index (χ2v) is 9.67. The summed E-state index contributed by atoms with van der Waals surface area (Å²) in [4.78, 5) is 0. The molecule has 0 saturated heterocycles. The summed E-state index contributed by atoms with van der Waals surface area (Å²) in [5, 5.41) is 0. The lowest BCUT2D eigenvalue weighted by atomic mass is 9.67. The molecule has 0 bridgehead atoms. The Morgan fingerprint density at radius 3 is 1.88 bits per heavy atom. The molecule has 2 fully saturated rings. The van der Waals surface area contributed by atoms with Crippen LogP contribution in [0.1, 0.15) is 129 Å². The lowest BCUT2D eigenvalue weighted by molar-refractivity contribution is -0.0639. The van der Waals surface area contributed by atoms with Crippen molar-refractivity contribution in [1.29, 1.82) is 0 Å². The summed E-state index contributed by atoms with van der Waals surface area (Å²) < 4.78 is 6.05.